The highest BCUT2D eigenvalue weighted by atomic mass is 16.4. The van der Waals surface area contributed by atoms with Crippen molar-refractivity contribution < 1.29 is 4.42 Å². The van der Waals surface area contributed by atoms with Crippen LogP contribution in [0.3, 0.4) is 0 Å². The summed E-state index contributed by atoms with van der Waals surface area (Å²) in [6, 6.07) is 8.89. The number of hydrogen-bond acceptors (Lipinski definition) is 3. The van der Waals surface area contributed by atoms with Gasteiger partial charge >= 0.3 is 0 Å². The Morgan fingerprint density at radius 1 is 1.12 bits per heavy atom. The van der Waals surface area contributed by atoms with Gasteiger partial charge in [0.25, 0.3) is 6.01 Å². The number of nitrogens with one attached hydrogen (secondary N) is 1. The third-order valence-electron chi connectivity index (χ3n) is 4.58. The quantitative estimate of drug-likeness (QED) is 0.855. The minimum absolute atomic E-state index is 0.285. The van der Waals surface area contributed by atoms with E-state index < -0.39 is 0 Å². The first-order valence-corrected chi connectivity index (χ1v) is 6.05. The topological polar surface area (TPSA) is 38.1 Å². The molecule has 1 heterocycles. The number of para-hydroxylation sites is 2. The van der Waals surface area contributed by atoms with Crippen LogP contribution < -0.4 is 5.32 Å². The number of oxazole rings is 1. The van der Waals surface area contributed by atoms with Gasteiger partial charge in [-0.3, -0.25) is 0 Å². The van der Waals surface area contributed by atoms with Crippen molar-refractivity contribution in [3.63, 3.8) is 0 Å². The smallest absolute Gasteiger partial charge is 0.295 e. The number of hydrogen-bond donors (Lipinski definition) is 1. The number of benzene rings is 1. The van der Waals surface area contributed by atoms with Crippen LogP contribution in [0.4, 0.5) is 6.01 Å². The van der Waals surface area contributed by atoms with Crippen LogP contribution in [-0.2, 0) is 0 Å². The van der Waals surface area contributed by atoms with E-state index in [0.717, 1.165) is 11.1 Å². The molecule has 0 radical (unpaired) electrons. The second kappa shape index (κ2) is 3.03. The Labute approximate surface area is 101 Å². The lowest BCUT2D eigenvalue weighted by atomic mass is 10.0. The Bertz CT molecular complexity index is 521. The van der Waals surface area contributed by atoms with Crippen molar-refractivity contribution >= 4 is 17.1 Å². The minimum atomic E-state index is 0.285. The van der Waals surface area contributed by atoms with Crippen molar-refractivity contribution in [2.45, 2.75) is 33.7 Å². The summed E-state index contributed by atoms with van der Waals surface area (Å²) >= 11 is 0. The van der Waals surface area contributed by atoms with Gasteiger partial charge in [0.2, 0.25) is 0 Å². The second-order valence-corrected chi connectivity index (χ2v) is 6.01. The van der Waals surface area contributed by atoms with Gasteiger partial charge in [0, 0.05) is 6.04 Å². The van der Waals surface area contributed by atoms with Crippen LogP contribution in [-0.4, -0.2) is 11.0 Å². The summed E-state index contributed by atoms with van der Waals surface area (Å²) in [6.45, 7) is 9.08. The first-order valence-electron chi connectivity index (χ1n) is 6.05. The average molecular weight is 230 g/mol. The van der Waals surface area contributed by atoms with E-state index in [1.54, 1.807) is 0 Å². The van der Waals surface area contributed by atoms with E-state index >= 15 is 0 Å². The molecule has 0 spiro atoms. The third-order valence-corrected chi connectivity index (χ3v) is 4.58. The molecule has 1 fully saturated rings. The molecule has 0 atom stereocenters. The van der Waals surface area contributed by atoms with Gasteiger partial charge in [0.05, 0.1) is 0 Å². The predicted octanol–water partition coefficient (Wildman–Crippen LogP) is 3.67. The van der Waals surface area contributed by atoms with Gasteiger partial charge in [-0.2, -0.15) is 4.98 Å². The molecule has 1 saturated carbocycles. The van der Waals surface area contributed by atoms with Gasteiger partial charge < -0.3 is 9.73 Å². The van der Waals surface area contributed by atoms with Gasteiger partial charge in [0.15, 0.2) is 5.58 Å². The highest BCUT2D eigenvalue weighted by Gasteiger charge is 2.65. The molecule has 0 saturated heterocycles. The zero-order valence-electron chi connectivity index (χ0n) is 10.7. The third kappa shape index (κ3) is 1.38. The molecule has 3 rings (SSSR count). The van der Waals surface area contributed by atoms with Crippen molar-refractivity contribution in [2.24, 2.45) is 10.8 Å². The van der Waals surface area contributed by atoms with Gasteiger partial charge in [-0.15, -0.1) is 0 Å². The number of aromatic nitrogens is 1. The monoisotopic (exact) mass is 230 g/mol. The fourth-order valence-corrected chi connectivity index (χ4v) is 2.61. The van der Waals surface area contributed by atoms with Gasteiger partial charge in [0.1, 0.15) is 5.52 Å². The molecule has 1 aromatic heterocycles. The highest BCUT2D eigenvalue weighted by Crippen LogP contribution is 2.63. The molecule has 2 aromatic rings. The fraction of sp³-hybridized carbons (Fsp3) is 0.500. The lowest BCUT2D eigenvalue weighted by molar-refractivity contribution is 0.457. The maximum absolute atomic E-state index is 5.68. The standard InChI is InChI=1S/C14H18N2O/c1-13(2)11(14(13,3)4)16-12-15-9-7-5-6-8-10(9)17-12/h5-8,11H,1-4H3,(H,15,16). The van der Waals surface area contributed by atoms with Crippen LogP contribution in [0.1, 0.15) is 27.7 Å². The lowest BCUT2D eigenvalue weighted by Crippen LogP contribution is -2.09. The summed E-state index contributed by atoms with van der Waals surface area (Å²) in [5, 5.41) is 3.41. The molecule has 1 N–H and O–H groups in total. The second-order valence-electron chi connectivity index (χ2n) is 6.01. The molecule has 1 aliphatic carbocycles. The van der Waals surface area contributed by atoms with E-state index in [9.17, 15) is 0 Å². The summed E-state index contributed by atoms with van der Waals surface area (Å²) in [6.07, 6.45) is 0. The van der Waals surface area contributed by atoms with Crippen LogP contribution in [0.15, 0.2) is 28.7 Å². The Hall–Kier alpha value is -1.51. The number of fused-ring (bicyclic) bond motifs is 1. The summed E-state index contributed by atoms with van der Waals surface area (Å²) in [5.41, 5.74) is 2.32. The van der Waals surface area contributed by atoms with E-state index in [4.69, 9.17) is 4.42 Å². The maximum Gasteiger partial charge on any atom is 0.295 e. The number of nitrogens with zero attached hydrogens (tertiary/aromatic N) is 1. The average Bonchev–Trinajstić information content (AvgIpc) is 2.65. The zero-order chi connectivity index (χ0) is 12.3. The van der Waals surface area contributed by atoms with Crippen molar-refractivity contribution in [3.8, 4) is 0 Å². The van der Waals surface area contributed by atoms with Crippen LogP contribution >= 0.6 is 0 Å². The fourth-order valence-electron chi connectivity index (χ4n) is 2.61. The van der Waals surface area contributed by atoms with Crippen LogP contribution in [0, 0.1) is 10.8 Å². The molecular weight excluding hydrogens is 212 g/mol. The van der Waals surface area contributed by atoms with Crippen LogP contribution in [0.5, 0.6) is 0 Å². The van der Waals surface area contributed by atoms with Gasteiger partial charge in [-0.05, 0) is 23.0 Å². The zero-order valence-corrected chi connectivity index (χ0v) is 10.7. The number of rotatable bonds is 2. The first-order chi connectivity index (χ1) is 7.93. The van der Waals surface area contributed by atoms with Gasteiger partial charge in [-0.1, -0.05) is 39.8 Å². The molecule has 0 aliphatic heterocycles. The molecule has 3 nitrogen and oxygen atoms in total. The molecule has 0 bridgehead atoms. The maximum atomic E-state index is 5.68. The summed E-state index contributed by atoms with van der Waals surface area (Å²) in [7, 11) is 0. The molecule has 1 aromatic carbocycles. The van der Waals surface area contributed by atoms with Gasteiger partial charge in [-0.25, -0.2) is 0 Å². The van der Waals surface area contributed by atoms with Crippen LogP contribution in [0.2, 0.25) is 0 Å². The van der Waals surface area contributed by atoms with E-state index in [1.165, 1.54) is 0 Å². The first kappa shape index (κ1) is 10.6. The van der Waals surface area contributed by atoms with E-state index in [0.29, 0.717) is 12.1 Å². The predicted molar refractivity (Wildman–Crippen MR) is 69.0 cm³/mol. The van der Waals surface area contributed by atoms with E-state index in [1.807, 2.05) is 24.3 Å². The largest absolute Gasteiger partial charge is 0.424 e. The number of anilines is 1. The summed E-state index contributed by atoms with van der Waals surface area (Å²) in [4.78, 5) is 4.45. The summed E-state index contributed by atoms with van der Waals surface area (Å²) < 4.78 is 5.68. The van der Waals surface area contributed by atoms with Crippen LogP contribution in [0.25, 0.3) is 11.1 Å². The van der Waals surface area contributed by atoms with E-state index in [-0.39, 0.29) is 10.8 Å². The molecule has 3 heteroatoms. The summed E-state index contributed by atoms with van der Waals surface area (Å²) in [5.74, 6) is 0. The van der Waals surface area contributed by atoms with Crippen molar-refractivity contribution in [2.75, 3.05) is 5.32 Å². The Balaban J connectivity index is 1.87. The Morgan fingerprint density at radius 3 is 2.35 bits per heavy atom. The van der Waals surface area contributed by atoms with Crippen molar-refractivity contribution in [1.82, 2.24) is 4.98 Å². The highest BCUT2D eigenvalue weighted by molar-refractivity contribution is 5.74. The SMILES string of the molecule is CC1(C)C(Nc2nc3ccccc3o2)C1(C)C. The van der Waals surface area contributed by atoms with E-state index in [2.05, 4.69) is 38.0 Å². The molecule has 0 unspecified atom stereocenters. The molecule has 90 valence electrons. The molecular formula is C14H18N2O. The Morgan fingerprint density at radius 2 is 1.76 bits per heavy atom. The van der Waals surface area contributed by atoms with Crippen molar-refractivity contribution in [1.29, 1.82) is 0 Å². The molecule has 0 amide bonds. The molecule has 17 heavy (non-hydrogen) atoms. The van der Waals surface area contributed by atoms with Crippen molar-refractivity contribution in [3.05, 3.63) is 24.3 Å². The normalized spacial score (nSPS) is 21.6. The Kier molecular flexibility index (Phi) is 1.90. The molecule has 1 aliphatic rings. The lowest BCUT2D eigenvalue weighted by Gasteiger charge is -2.02. The minimum Gasteiger partial charge on any atom is -0.424 e.